The molecule has 8 heteroatoms. The Bertz CT molecular complexity index is 997. The molecule has 2 aromatic carbocycles. The average molecular weight is 449 g/mol. The maximum atomic E-state index is 12.8. The summed E-state index contributed by atoms with van der Waals surface area (Å²) < 4.78 is 10.7. The molecular formula is C22H22Cl2N2O4. The summed E-state index contributed by atoms with van der Waals surface area (Å²) in [6.07, 6.45) is 1.42. The van der Waals surface area contributed by atoms with Crippen molar-refractivity contribution in [3.8, 4) is 11.5 Å². The molecule has 2 aromatic rings. The number of nitrogens with zero attached hydrogens (tertiary/aromatic N) is 1. The minimum Gasteiger partial charge on any atom is -0.454 e. The van der Waals surface area contributed by atoms with Crippen LogP contribution in [0, 0.1) is 0 Å². The standard InChI is InChI=1S/C22H22Cl2N2O4/c1-22(21(28)25-12-14-2-6-18-19(10-14)30-13-29-18)8-9-26(22)20(27)7-4-15-3-5-16(23)11-17(15)24/h2-3,5-6,10-11H,4,7-9,12-13H2,1H3,(H,25,28). The van der Waals surface area contributed by atoms with Crippen molar-refractivity contribution in [3.63, 3.8) is 0 Å². The van der Waals surface area contributed by atoms with Gasteiger partial charge < -0.3 is 19.7 Å². The minimum atomic E-state index is -0.836. The summed E-state index contributed by atoms with van der Waals surface area (Å²) in [5.74, 6) is 1.15. The monoisotopic (exact) mass is 448 g/mol. The van der Waals surface area contributed by atoms with Crippen molar-refractivity contribution in [3.05, 3.63) is 57.6 Å². The smallest absolute Gasteiger partial charge is 0.246 e. The lowest BCUT2D eigenvalue weighted by Crippen LogP contribution is -2.67. The molecule has 1 N–H and O–H groups in total. The fourth-order valence-electron chi connectivity index (χ4n) is 3.72. The number of likely N-dealkylation sites (tertiary alicyclic amines) is 1. The van der Waals surface area contributed by atoms with E-state index in [4.69, 9.17) is 32.7 Å². The van der Waals surface area contributed by atoms with Crippen LogP contribution >= 0.6 is 23.2 Å². The molecule has 2 heterocycles. The molecule has 158 valence electrons. The third-order valence-electron chi connectivity index (χ3n) is 5.72. The highest BCUT2D eigenvalue weighted by molar-refractivity contribution is 6.35. The van der Waals surface area contributed by atoms with E-state index in [2.05, 4.69) is 5.32 Å². The van der Waals surface area contributed by atoms with Gasteiger partial charge in [0.05, 0.1) is 0 Å². The number of benzene rings is 2. The molecule has 0 bridgehead atoms. The maximum absolute atomic E-state index is 12.8. The van der Waals surface area contributed by atoms with Gasteiger partial charge in [-0.1, -0.05) is 35.3 Å². The number of carbonyl (C=O) groups excluding carboxylic acids is 2. The Hall–Kier alpha value is -2.44. The molecule has 0 radical (unpaired) electrons. The first-order valence-corrected chi connectivity index (χ1v) is 10.5. The third-order valence-corrected chi connectivity index (χ3v) is 6.31. The van der Waals surface area contributed by atoms with Gasteiger partial charge in [0.25, 0.3) is 0 Å². The molecule has 2 aliphatic rings. The average Bonchev–Trinajstić information content (AvgIpc) is 3.17. The van der Waals surface area contributed by atoms with E-state index in [1.807, 2.05) is 24.3 Å². The highest BCUT2D eigenvalue weighted by Gasteiger charge is 2.48. The van der Waals surface area contributed by atoms with Crippen molar-refractivity contribution in [1.82, 2.24) is 10.2 Å². The second kappa shape index (κ2) is 8.36. The molecule has 1 atom stereocenters. The van der Waals surface area contributed by atoms with Gasteiger partial charge in [-0.15, -0.1) is 0 Å². The van der Waals surface area contributed by atoms with Gasteiger partial charge in [-0.3, -0.25) is 9.59 Å². The van der Waals surface area contributed by atoms with Crippen molar-refractivity contribution in [2.24, 2.45) is 0 Å². The van der Waals surface area contributed by atoms with Crippen LogP contribution in [0.1, 0.15) is 30.9 Å². The Kier molecular flexibility index (Phi) is 5.80. The second-order valence-corrected chi connectivity index (χ2v) is 8.52. The Labute approximate surface area is 185 Å². The van der Waals surface area contributed by atoms with Gasteiger partial charge in [-0.25, -0.2) is 0 Å². The van der Waals surface area contributed by atoms with Crippen LogP contribution in [0.5, 0.6) is 11.5 Å². The normalized spacial score (nSPS) is 19.4. The zero-order valence-corrected chi connectivity index (χ0v) is 18.1. The van der Waals surface area contributed by atoms with Gasteiger partial charge in [-0.05, 0) is 55.2 Å². The zero-order valence-electron chi connectivity index (χ0n) is 16.5. The van der Waals surface area contributed by atoms with Crippen LogP contribution < -0.4 is 14.8 Å². The van der Waals surface area contributed by atoms with E-state index in [0.717, 1.165) is 11.1 Å². The number of amides is 2. The van der Waals surface area contributed by atoms with Crippen molar-refractivity contribution in [2.45, 2.75) is 38.3 Å². The summed E-state index contributed by atoms with van der Waals surface area (Å²) in [6, 6.07) is 10.8. The lowest BCUT2D eigenvalue weighted by atomic mass is 9.85. The molecule has 30 heavy (non-hydrogen) atoms. The van der Waals surface area contributed by atoms with E-state index in [1.54, 1.807) is 24.0 Å². The Morgan fingerprint density at radius 1 is 1.13 bits per heavy atom. The van der Waals surface area contributed by atoms with Gasteiger partial charge in [0, 0.05) is 29.6 Å². The number of ether oxygens (including phenoxy) is 2. The fraction of sp³-hybridized carbons (Fsp3) is 0.364. The highest BCUT2D eigenvalue weighted by Crippen LogP contribution is 2.34. The second-order valence-electron chi connectivity index (χ2n) is 7.68. The van der Waals surface area contributed by atoms with Crippen molar-refractivity contribution in [1.29, 1.82) is 0 Å². The Balaban J connectivity index is 1.33. The van der Waals surface area contributed by atoms with Crippen LogP contribution in [-0.2, 0) is 22.6 Å². The largest absolute Gasteiger partial charge is 0.454 e. The topological polar surface area (TPSA) is 67.9 Å². The van der Waals surface area contributed by atoms with Gasteiger partial charge in [0.15, 0.2) is 11.5 Å². The first kappa shape index (κ1) is 20.8. The number of hydrogen-bond donors (Lipinski definition) is 1. The minimum absolute atomic E-state index is 0.0620. The van der Waals surface area contributed by atoms with Crippen LogP contribution in [-0.4, -0.2) is 35.6 Å². The molecule has 1 saturated heterocycles. The molecule has 4 rings (SSSR count). The Morgan fingerprint density at radius 3 is 2.67 bits per heavy atom. The molecule has 1 fully saturated rings. The summed E-state index contributed by atoms with van der Waals surface area (Å²) >= 11 is 12.1. The van der Waals surface area contributed by atoms with Crippen LogP contribution in [0.2, 0.25) is 10.0 Å². The van der Waals surface area contributed by atoms with E-state index in [1.165, 1.54) is 0 Å². The van der Waals surface area contributed by atoms with E-state index >= 15 is 0 Å². The SMILES string of the molecule is CC1(C(=O)NCc2ccc3c(c2)OCO3)CCN1C(=O)CCc1ccc(Cl)cc1Cl. The highest BCUT2D eigenvalue weighted by atomic mass is 35.5. The van der Waals surface area contributed by atoms with Gasteiger partial charge in [0.2, 0.25) is 18.6 Å². The van der Waals surface area contributed by atoms with E-state index in [9.17, 15) is 9.59 Å². The molecule has 2 aliphatic heterocycles. The van der Waals surface area contributed by atoms with E-state index in [-0.39, 0.29) is 25.0 Å². The lowest BCUT2D eigenvalue weighted by molar-refractivity contribution is -0.157. The summed E-state index contributed by atoms with van der Waals surface area (Å²) in [6.45, 7) is 2.94. The van der Waals surface area contributed by atoms with Crippen LogP contribution in [0.15, 0.2) is 36.4 Å². The third kappa shape index (κ3) is 4.07. The summed E-state index contributed by atoms with van der Waals surface area (Å²) in [7, 11) is 0. The van der Waals surface area contributed by atoms with Crippen molar-refractivity contribution < 1.29 is 19.1 Å². The summed E-state index contributed by atoms with van der Waals surface area (Å²) in [4.78, 5) is 27.2. The first-order valence-electron chi connectivity index (χ1n) is 9.78. The number of aryl methyl sites for hydroxylation is 1. The van der Waals surface area contributed by atoms with Gasteiger partial charge in [0.1, 0.15) is 5.54 Å². The van der Waals surface area contributed by atoms with Crippen molar-refractivity contribution >= 4 is 35.0 Å². The predicted octanol–water partition coefficient (Wildman–Crippen LogP) is 3.96. The van der Waals surface area contributed by atoms with Crippen LogP contribution in [0.3, 0.4) is 0 Å². The van der Waals surface area contributed by atoms with Gasteiger partial charge in [-0.2, -0.15) is 0 Å². The molecule has 0 aliphatic carbocycles. The summed E-state index contributed by atoms with van der Waals surface area (Å²) in [5, 5.41) is 4.05. The number of halogens is 2. The zero-order chi connectivity index (χ0) is 21.3. The maximum Gasteiger partial charge on any atom is 0.246 e. The van der Waals surface area contributed by atoms with E-state index in [0.29, 0.717) is 47.5 Å². The van der Waals surface area contributed by atoms with Crippen LogP contribution in [0.4, 0.5) is 0 Å². The molecule has 6 nitrogen and oxygen atoms in total. The molecule has 1 unspecified atom stereocenters. The van der Waals surface area contributed by atoms with Crippen molar-refractivity contribution in [2.75, 3.05) is 13.3 Å². The molecular weight excluding hydrogens is 427 g/mol. The lowest BCUT2D eigenvalue weighted by Gasteiger charge is -2.49. The fourth-order valence-corrected chi connectivity index (χ4v) is 4.22. The number of nitrogens with one attached hydrogen (secondary N) is 1. The number of fused-ring (bicyclic) bond motifs is 1. The first-order chi connectivity index (χ1) is 14.4. The number of rotatable bonds is 6. The van der Waals surface area contributed by atoms with Crippen LogP contribution in [0.25, 0.3) is 0 Å². The quantitative estimate of drug-likeness (QED) is 0.725. The molecule has 2 amide bonds. The molecule has 0 saturated carbocycles. The predicted molar refractivity (Wildman–Crippen MR) is 114 cm³/mol. The Morgan fingerprint density at radius 2 is 1.93 bits per heavy atom. The summed E-state index contributed by atoms with van der Waals surface area (Å²) in [5.41, 5.74) is 0.937. The number of carbonyl (C=O) groups is 2. The molecule has 0 aromatic heterocycles. The van der Waals surface area contributed by atoms with E-state index < -0.39 is 5.54 Å². The number of hydrogen-bond acceptors (Lipinski definition) is 4. The molecule has 0 spiro atoms. The van der Waals surface area contributed by atoms with Gasteiger partial charge >= 0.3 is 0 Å².